The molecule has 2 aromatic rings. The molecule has 2 rings (SSSR count). The molecule has 12 heteroatoms. The van der Waals surface area contributed by atoms with E-state index >= 15 is 0 Å². The molecule has 0 N–H and O–H groups in total. The van der Waals surface area contributed by atoms with Crippen LogP contribution in [0.1, 0.15) is 69.1 Å². The van der Waals surface area contributed by atoms with Crippen LogP contribution in [0.5, 0.6) is 5.75 Å². The molecular formula is C23H28F6N4O2. The third kappa shape index (κ3) is 6.98. The topological polar surface area (TPSA) is 60.9 Å². The largest absolute Gasteiger partial charge is 0.432 e. The molecule has 0 bridgehead atoms. The minimum Gasteiger partial charge on any atom is -0.356 e. The van der Waals surface area contributed by atoms with Gasteiger partial charge < -0.3 is 4.84 Å². The average Bonchev–Trinajstić information content (AvgIpc) is 3.04. The molecule has 0 saturated heterocycles. The molecule has 6 nitrogen and oxygen atoms in total. The zero-order valence-electron chi connectivity index (χ0n) is 20.3. The fraction of sp³-hybridized carbons (Fsp3) is 0.522. The molecule has 1 amide bonds. The summed E-state index contributed by atoms with van der Waals surface area (Å²) in [6.07, 6.45) is -8.00. The van der Waals surface area contributed by atoms with Crippen LogP contribution in [-0.2, 0) is 25.2 Å². The number of aromatic nitrogens is 2. The first kappa shape index (κ1) is 28.2. The van der Waals surface area contributed by atoms with Crippen molar-refractivity contribution in [2.75, 3.05) is 0 Å². The van der Waals surface area contributed by atoms with Crippen LogP contribution in [0.4, 0.5) is 26.3 Å². The van der Waals surface area contributed by atoms with Gasteiger partial charge in [0.15, 0.2) is 16.9 Å². The van der Waals surface area contributed by atoms with Gasteiger partial charge in [-0.1, -0.05) is 39.3 Å². The Bertz CT molecular complexity index is 1160. The second-order valence-corrected chi connectivity index (χ2v) is 9.03. The number of nitrogens with zero attached hydrogens (tertiary/aromatic N) is 4. The maximum atomic E-state index is 13.3. The molecule has 0 aliphatic rings. The van der Waals surface area contributed by atoms with Gasteiger partial charge in [-0.05, 0) is 31.5 Å². The SMILES string of the molecule is CCCCn1c(=NC(=O)c2cc(C(F)(F)F)ccc2O/N=C(/C)C(F)(F)F)cc(C(C)(C)C)n1C. The number of alkyl halides is 6. The zero-order valence-corrected chi connectivity index (χ0v) is 20.3. The highest BCUT2D eigenvalue weighted by Crippen LogP contribution is 2.33. The minimum absolute atomic E-state index is 0.203. The highest BCUT2D eigenvalue weighted by atomic mass is 19.4. The first-order valence-corrected chi connectivity index (χ1v) is 10.8. The first-order chi connectivity index (χ1) is 16.0. The van der Waals surface area contributed by atoms with Crippen molar-refractivity contribution in [3.8, 4) is 5.75 Å². The maximum Gasteiger partial charge on any atom is 0.432 e. The molecule has 0 saturated carbocycles. The van der Waals surface area contributed by atoms with Gasteiger partial charge in [-0.15, -0.1) is 0 Å². The molecule has 0 spiro atoms. The van der Waals surface area contributed by atoms with Crippen LogP contribution in [0, 0.1) is 0 Å². The fourth-order valence-corrected chi connectivity index (χ4v) is 3.22. The summed E-state index contributed by atoms with van der Waals surface area (Å²) in [6.45, 7) is 8.97. The quantitative estimate of drug-likeness (QED) is 0.274. The van der Waals surface area contributed by atoms with E-state index in [-0.39, 0.29) is 10.9 Å². The number of halogens is 6. The van der Waals surface area contributed by atoms with Gasteiger partial charge in [-0.25, -0.2) is 0 Å². The van der Waals surface area contributed by atoms with Gasteiger partial charge in [-0.3, -0.25) is 14.2 Å². The van der Waals surface area contributed by atoms with E-state index in [9.17, 15) is 31.1 Å². The lowest BCUT2D eigenvalue weighted by atomic mass is 9.92. The van der Waals surface area contributed by atoms with Crippen LogP contribution in [0.2, 0.25) is 0 Å². The van der Waals surface area contributed by atoms with Crippen LogP contribution < -0.4 is 10.3 Å². The molecule has 0 radical (unpaired) electrons. The monoisotopic (exact) mass is 506 g/mol. The number of hydrogen-bond donors (Lipinski definition) is 0. The molecule has 0 fully saturated rings. The smallest absolute Gasteiger partial charge is 0.356 e. The molecular weight excluding hydrogens is 478 g/mol. The lowest BCUT2D eigenvalue weighted by Crippen LogP contribution is -2.25. The van der Waals surface area contributed by atoms with Gasteiger partial charge in [0.25, 0.3) is 5.91 Å². The Morgan fingerprint density at radius 3 is 2.20 bits per heavy atom. The standard InChI is InChI=1S/C23H28F6N4O2/c1-7-8-11-33-19(13-18(32(33)6)21(3,4)5)30-20(34)16-12-15(23(27,28)29)9-10-17(16)35-31-14(2)22(24,25)26/h9-10,12-13H,7-8,11H2,1-6H3/b30-19?,31-14-. The first-order valence-electron chi connectivity index (χ1n) is 10.8. The highest BCUT2D eigenvalue weighted by molar-refractivity contribution is 5.98. The second kappa shape index (κ2) is 10.3. The Morgan fingerprint density at radius 1 is 1.06 bits per heavy atom. The van der Waals surface area contributed by atoms with Crippen LogP contribution in [0.25, 0.3) is 0 Å². The predicted molar refractivity (Wildman–Crippen MR) is 118 cm³/mol. The molecule has 194 valence electrons. The van der Waals surface area contributed by atoms with Gasteiger partial charge in [0.1, 0.15) is 0 Å². The van der Waals surface area contributed by atoms with E-state index < -0.39 is 40.8 Å². The van der Waals surface area contributed by atoms with Gasteiger partial charge in [0.05, 0.1) is 11.1 Å². The molecule has 1 aromatic carbocycles. The number of amides is 1. The van der Waals surface area contributed by atoms with E-state index in [1.54, 1.807) is 17.8 Å². The summed E-state index contributed by atoms with van der Waals surface area (Å²) in [5, 5.41) is 2.92. The van der Waals surface area contributed by atoms with Crippen molar-refractivity contribution in [3.05, 3.63) is 46.6 Å². The fourth-order valence-electron chi connectivity index (χ4n) is 3.22. The van der Waals surface area contributed by atoms with Gasteiger partial charge in [-0.2, -0.15) is 31.3 Å². The summed E-state index contributed by atoms with van der Waals surface area (Å²) in [5.74, 6) is -1.69. The van der Waals surface area contributed by atoms with Crippen molar-refractivity contribution in [1.82, 2.24) is 9.36 Å². The van der Waals surface area contributed by atoms with E-state index in [1.807, 2.05) is 32.4 Å². The van der Waals surface area contributed by atoms with Gasteiger partial charge in [0, 0.05) is 30.8 Å². The van der Waals surface area contributed by atoms with E-state index in [4.69, 9.17) is 4.84 Å². The van der Waals surface area contributed by atoms with E-state index in [2.05, 4.69) is 10.1 Å². The van der Waals surface area contributed by atoms with E-state index in [1.165, 1.54) is 0 Å². The number of carbonyl (C=O) groups excluding carboxylic acids is 1. The second-order valence-electron chi connectivity index (χ2n) is 9.03. The summed E-state index contributed by atoms with van der Waals surface area (Å²) >= 11 is 0. The zero-order chi connectivity index (χ0) is 26.8. The maximum absolute atomic E-state index is 13.3. The van der Waals surface area contributed by atoms with Crippen molar-refractivity contribution in [2.45, 2.75) is 71.8 Å². The molecule has 0 unspecified atom stereocenters. The van der Waals surface area contributed by atoms with Gasteiger partial charge >= 0.3 is 12.4 Å². The van der Waals surface area contributed by atoms with E-state index in [0.29, 0.717) is 25.6 Å². The van der Waals surface area contributed by atoms with Crippen molar-refractivity contribution in [1.29, 1.82) is 0 Å². The van der Waals surface area contributed by atoms with Crippen LogP contribution in [0.15, 0.2) is 34.4 Å². The number of oxime groups is 1. The molecule has 0 aliphatic heterocycles. The van der Waals surface area contributed by atoms with Crippen molar-refractivity contribution in [2.24, 2.45) is 17.2 Å². The molecule has 1 heterocycles. The lowest BCUT2D eigenvalue weighted by molar-refractivity contribution is -0.137. The van der Waals surface area contributed by atoms with Crippen molar-refractivity contribution in [3.63, 3.8) is 0 Å². The molecule has 1 aromatic heterocycles. The Morgan fingerprint density at radius 2 is 1.69 bits per heavy atom. The van der Waals surface area contributed by atoms with Crippen molar-refractivity contribution >= 4 is 11.6 Å². The van der Waals surface area contributed by atoms with Gasteiger partial charge in [0.2, 0.25) is 0 Å². The lowest BCUT2D eigenvalue weighted by Gasteiger charge is -2.20. The average molecular weight is 506 g/mol. The molecule has 35 heavy (non-hydrogen) atoms. The molecule has 0 aliphatic carbocycles. The van der Waals surface area contributed by atoms with E-state index in [0.717, 1.165) is 24.6 Å². The summed E-state index contributed by atoms with van der Waals surface area (Å²) in [5.41, 5.74) is -2.51. The highest BCUT2D eigenvalue weighted by Gasteiger charge is 2.34. The Labute approximate surface area is 198 Å². The normalized spacial score (nSPS) is 13.9. The third-order valence-electron chi connectivity index (χ3n) is 5.18. The summed E-state index contributed by atoms with van der Waals surface area (Å²) < 4.78 is 81.7. The van der Waals surface area contributed by atoms with Crippen molar-refractivity contribution < 1.29 is 36.0 Å². The van der Waals surface area contributed by atoms with Crippen LogP contribution in [0.3, 0.4) is 0 Å². The number of unbranched alkanes of at least 4 members (excludes halogenated alkanes) is 1. The third-order valence-corrected chi connectivity index (χ3v) is 5.18. The Hall–Kier alpha value is -3.05. The van der Waals surface area contributed by atoms with Crippen LogP contribution in [-0.4, -0.2) is 27.2 Å². The number of rotatable bonds is 6. The predicted octanol–water partition coefficient (Wildman–Crippen LogP) is 6.00. The number of benzene rings is 1. The molecule has 0 atom stereocenters. The summed E-state index contributed by atoms with van der Waals surface area (Å²) in [4.78, 5) is 21.8. The minimum atomic E-state index is -4.81. The Kier molecular flexibility index (Phi) is 8.29. The summed E-state index contributed by atoms with van der Waals surface area (Å²) in [6, 6.07) is 3.49. The number of carbonyl (C=O) groups is 1. The Balaban J connectivity index is 2.67. The number of hydrogen-bond acceptors (Lipinski definition) is 3. The summed E-state index contributed by atoms with van der Waals surface area (Å²) in [7, 11) is 1.78. The van der Waals surface area contributed by atoms with Crippen LogP contribution >= 0.6 is 0 Å².